The molecular weight excluding hydrogens is 460 g/mol. The zero-order valence-corrected chi connectivity index (χ0v) is 19.8. The minimum Gasteiger partial charge on any atom is -0.379 e. The first-order chi connectivity index (χ1) is 16.3. The van der Waals surface area contributed by atoms with E-state index in [-0.39, 0.29) is 29.2 Å². The molecule has 0 radical (unpaired) electrons. The molecule has 1 N–H and O–H groups in total. The summed E-state index contributed by atoms with van der Waals surface area (Å²) in [4.78, 5) is 26.2. The Balaban J connectivity index is 1.72. The second-order valence-electron chi connectivity index (χ2n) is 8.45. The molecule has 0 spiro atoms. The van der Waals surface area contributed by atoms with Crippen molar-refractivity contribution in [3.05, 3.63) is 57.6 Å². The molecule has 2 fully saturated rings. The molecule has 2 aromatic carbocycles. The number of piperidine rings is 1. The zero-order chi connectivity index (χ0) is 24.3. The van der Waals surface area contributed by atoms with Gasteiger partial charge in [-0.05, 0) is 49.9 Å². The van der Waals surface area contributed by atoms with Crippen molar-refractivity contribution in [3.8, 4) is 0 Å². The number of anilines is 2. The van der Waals surface area contributed by atoms with Crippen molar-refractivity contribution < 1.29 is 22.9 Å². The largest absolute Gasteiger partial charge is 0.379 e. The second kappa shape index (κ2) is 10.1. The van der Waals surface area contributed by atoms with Gasteiger partial charge in [0.25, 0.3) is 11.6 Å². The molecule has 0 bridgehead atoms. The molecule has 2 aromatic rings. The number of carbonyl (C=O) groups excluding carboxylic acids is 1. The van der Waals surface area contributed by atoms with E-state index in [0.29, 0.717) is 30.2 Å². The number of hydrogen-bond donors (Lipinski definition) is 1. The Morgan fingerprint density at radius 2 is 1.74 bits per heavy atom. The highest BCUT2D eigenvalue weighted by Crippen LogP contribution is 2.30. The van der Waals surface area contributed by atoms with Gasteiger partial charge < -0.3 is 15.0 Å². The molecule has 0 unspecified atom stereocenters. The second-order valence-corrected chi connectivity index (χ2v) is 10.4. The number of nitro groups is 1. The van der Waals surface area contributed by atoms with Crippen LogP contribution in [0.3, 0.4) is 0 Å². The first-order valence-electron chi connectivity index (χ1n) is 11.3. The molecule has 34 heavy (non-hydrogen) atoms. The molecule has 10 nitrogen and oxygen atoms in total. The average Bonchev–Trinajstić information content (AvgIpc) is 2.86. The van der Waals surface area contributed by atoms with E-state index in [0.717, 1.165) is 32.4 Å². The summed E-state index contributed by atoms with van der Waals surface area (Å²) in [6.45, 7) is 4.44. The van der Waals surface area contributed by atoms with Gasteiger partial charge in [0.1, 0.15) is 0 Å². The summed E-state index contributed by atoms with van der Waals surface area (Å²) in [5, 5.41) is 14.0. The smallest absolute Gasteiger partial charge is 0.271 e. The minimum absolute atomic E-state index is 0.0380. The van der Waals surface area contributed by atoms with Crippen LogP contribution in [0.25, 0.3) is 0 Å². The average molecular weight is 489 g/mol. The van der Waals surface area contributed by atoms with Crippen LogP contribution in [0, 0.1) is 17.0 Å². The summed E-state index contributed by atoms with van der Waals surface area (Å²) < 4.78 is 33.1. The summed E-state index contributed by atoms with van der Waals surface area (Å²) in [7, 11) is -3.80. The number of sulfonamides is 1. The van der Waals surface area contributed by atoms with Gasteiger partial charge in [-0.2, -0.15) is 4.31 Å². The van der Waals surface area contributed by atoms with E-state index in [4.69, 9.17) is 4.74 Å². The number of non-ortho nitro benzene ring substituents is 1. The van der Waals surface area contributed by atoms with Crippen LogP contribution in [0.15, 0.2) is 41.3 Å². The number of amides is 1. The number of carbonyl (C=O) groups is 1. The molecule has 0 atom stereocenters. The van der Waals surface area contributed by atoms with Gasteiger partial charge in [0.2, 0.25) is 10.0 Å². The summed E-state index contributed by atoms with van der Waals surface area (Å²) in [5.74, 6) is -0.511. The Kier molecular flexibility index (Phi) is 7.15. The van der Waals surface area contributed by atoms with Crippen molar-refractivity contribution in [1.82, 2.24) is 4.31 Å². The maximum atomic E-state index is 13.4. The van der Waals surface area contributed by atoms with Gasteiger partial charge in [0.15, 0.2) is 0 Å². The van der Waals surface area contributed by atoms with E-state index in [1.165, 1.54) is 22.5 Å². The lowest BCUT2D eigenvalue weighted by Crippen LogP contribution is -2.40. The van der Waals surface area contributed by atoms with Crippen LogP contribution in [-0.2, 0) is 14.8 Å². The number of nitrogens with zero attached hydrogens (tertiary/aromatic N) is 3. The van der Waals surface area contributed by atoms with Crippen molar-refractivity contribution in [2.45, 2.75) is 31.1 Å². The molecule has 4 rings (SSSR count). The third kappa shape index (κ3) is 5.06. The first kappa shape index (κ1) is 24.1. The number of hydrogen-bond acceptors (Lipinski definition) is 7. The molecule has 2 aliphatic heterocycles. The topological polar surface area (TPSA) is 122 Å². The van der Waals surface area contributed by atoms with Crippen LogP contribution in [0.1, 0.15) is 35.2 Å². The van der Waals surface area contributed by atoms with Crippen molar-refractivity contribution >= 4 is 33.0 Å². The van der Waals surface area contributed by atoms with E-state index in [9.17, 15) is 23.3 Å². The van der Waals surface area contributed by atoms with E-state index in [1.54, 1.807) is 25.1 Å². The Morgan fingerprint density at radius 1 is 1.03 bits per heavy atom. The SMILES string of the molecule is Cc1ccc([N+](=O)[O-])cc1NC(=O)c1cc(S(=O)(=O)N2CCOCC2)ccc1N1CCCCC1. The van der Waals surface area contributed by atoms with Crippen LogP contribution in [-0.4, -0.2) is 62.9 Å². The quantitative estimate of drug-likeness (QED) is 0.489. The van der Waals surface area contributed by atoms with Gasteiger partial charge in [-0.3, -0.25) is 14.9 Å². The summed E-state index contributed by atoms with van der Waals surface area (Å²) in [6.07, 6.45) is 3.08. The normalized spacial score (nSPS) is 17.4. The summed E-state index contributed by atoms with van der Waals surface area (Å²) in [5.41, 5.74) is 1.71. The Morgan fingerprint density at radius 3 is 2.41 bits per heavy atom. The summed E-state index contributed by atoms with van der Waals surface area (Å²) in [6, 6.07) is 8.90. The fourth-order valence-electron chi connectivity index (χ4n) is 4.25. The molecule has 2 saturated heterocycles. The fourth-order valence-corrected chi connectivity index (χ4v) is 5.69. The van der Waals surface area contributed by atoms with E-state index in [1.807, 2.05) is 0 Å². The standard InChI is InChI=1S/C23H28N4O6S/c1-17-5-6-18(27(29)30)15-21(17)24-23(28)20-16-19(34(31,32)26-11-13-33-14-12-26)7-8-22(20)25-9-3-2-4-10-25/h5-8,15-16H,2-4,9-14H2,1H3,(H,24,28). The Labute approximate surface area is 198 Å². The molecule has 2 aliphatic rings. The molecule has 0 saturated carbocycles. The molecule has 2 heterocycles. The molecule has 182 valence electrons. The molecule has 11 heteroatoms. The van der Waals surface area contributed by atoms with Crippen LogP contribution in [0.5, 0.6) is 0 Å². The lowest BCUT2D eigenvalue weighted by atomic mass is 10.1. The molecule has 1 amide bonds. The maximum Gasteiger partial charge on any atom is 0.271 e. The van der Waals surface area contributed by atoms with Gasteiger partial charge in [-0.15, -0.1) is 0 Å². The predicted octanol–water partition coefficient (Wildman–Crippen LogP) is 3.17. The van der Waals surface area contributed by atoms with Gasteiger partial charge in [0.05, 0.1) is 34.3 Å². The first-order valence-corrected chi connectivity index (χ1v) is 12.7. The van der Waals surface area contributed by atoms with Crippen LogP contribution >= 0.6 is 0 Å². The Bertz CT molecular complexity index is 1190. The zero-order valence-electron chi connectivity index (χ0n) is 19.0. The van der Waals surface area contributed by atoms with Crippen molar-refractivity contribution in [2.24, 2.45) is 0 Å². The van der Waals surface area contributed by atoms with Crippen molar-refractivity contribution in [2.75, 3.05) is 49.6 Å². The lowest BCUT2D eigenvalue weighted by molar-refractivity contribution is -0.384. The van der Waals surface area contributed by atoms with Crippen molar-refractivity contribution in [3.63, 3.8) is 0 Å². The maximum absolute atomic E-state index is 13.4. The minimum atomic E-state index is -3.80. The lowest BCUT2D eigenvalue weighted by Gasteiger charge is -2.31. The molecule has 0 aliphatic carbocycles. The van der Waals surface area contributed by atoms with Gasteiger partial charge in [0, 0.05) is 44.0 Å². The van der Waals surface area contributed by atoms with Gasteiger partial charge in [-0.1, -0.05) is 6.07 Å². The van der Waals surface area contributed by atoms with E-state index < -0.39 is 20.9 Å². The van der Waals surface area contributed by atoms with E-state index in [2.05, 4.69) is 10.2 Å². The van der Waals surface area contributed by atoms with Crippen molar-refractivity contribution in [1.29, 1.82) is 0 Å². The highest BCUT2D eigenvalue weighted by Gasteiger charge is 2.29. The highest BCUT2D eigenvalue weighted by atomic mass is 32.2. The third-order valence-electron chi connectivity index (χ3n) is 6.20. The van der Waals surface area contributed by atoms with Crippen LogP contribution in [0.2, 0.25) is 0 Å². The highest BCUT2D eigenvalue weighted by molar-refractivity contribution is 7.89. The van der Waals surface area contributed by atoms with Gasteiger partial charge in [-0.25, -0.2) is 8.42 Å². The monoisotopic (exact) mass is 488 g/mol. The molecule has 0 aromatic heterocycles. The number of ether oxygens (including phenoxy) is 1. The predicted molar refractivity (Wildman–Crippen MR) is 128 cm³/mol. The Hall–Kier alpha value is -3.02. The third-order valence-corrected chi connectivity index (χ3v) is 8.09. The number of aryl methyl sites for hydroxylation is 1. The van der Waals surface area contributed by atoms with Gasteiger partial charge >= 0.3 is 0 Å². The number of morpholine rings is 1. The van der Waals surface area contributed by atoms with Crippen LogP contribution in [0.4, 0.5) is 17.1 Å². The van der Waals surface area contributed by atoms with E-state index >= 15 is 0 Å². The number of nitro benzene ring substituents is 1. The summed E-state index contributed by atoms with van der Waals surface area (Å²) >= 11 is 0. The number of nitrogens with one attached hydrogen (secondary N) is 1. The molecular formula is C23H28N4O6S. The fraction of sp³-hybridized carbons (Fsp3) is 0.435. The van der Waals surface area contributed by atoms with Crippen LogP contribution < -0.4 is 10.2 Å². The number of benzene rings is 2. The number of rotatable bonds is 6.